The monoisotopic (exact) mass is 392 g/mol. The number of carbonyl (C=O) groups excluding carboxylic acids is 1. The molecule has 1 fully saturated rings. The van der Waals surface area contributed by atoms with Crippen molar-refractivity contribution in [2.75, 3.05) is 26.7 Å². The van der Waals surface area contributed by atoms with Crippen molar-refractivity contribution >= 4 is 18.3 Å². The van der Waals surface area contributed by atoms with Gasteiger partial charge in [-0.25, -0.2) is 4.39 Å². The van der Waals surface area contributed by atoms with Gasteiger partial charge in [-0.2, -0.15) is 0 Å². The van der Waals surface area contributed by atoms with Crippen LogP contribution < -0.4 is 15.4 Å². The van der Waals surface area contributed by atoms with Crippen LogP contribution in [0, 0.1) is 11.7 Å². The Hall–Kier alpha value is -2.11. The molecule has 146 valence electrons. The van der Waals surface area contributed by atoms with Crippen molar-refractivity contribution in [2.24, 2.45) is 5.92 Å². The first kappa shape index (κ1) is 21.2. The van der Waals surface area contributed by atoms with Crippen molar-refractivity contribution in [1.82, 2.24) is 10.6 Å². The summed E-state index contributed by atoms with van der Waals surface area (Å²) in [6, 6.07) is 12.1. The molecule has 0 bridgehead atoms. The average molecular weight is 393 g/mol. The van der Waals surface area contributed by atoms with E-state index in [0.29, 0.717) is 12.5 Å². The van der Waals surface area contributed by atoms with E-state index in [2.05, 4.69) is 10.6 Å². The van der Waals surface area contributed by atoms with Gasteiger partial charge < -0.3 is 15.4 Å². The number of nitrogens with one attached hydrogen (secondary N) is 2. The van der Waals surface area contributed by atoms with E-state index in [9.17, 15) is 9.18 Å². The number of rotatable bonds is 6. The fourth-order valence-corrected chi connectivity index (χ4v) is 3.32. The zero-order valence-corrected chi connectivity index (χ0v) is 16.3. The van der Waals surface area contributed by atoms with Gasteiger partial charge in [-0.1, -0.05) is 18.2 Å². The highest BCUT2D eigenvalue weighted by Crippen LogP contribution is 2.24. The first-order valence-corrected chi connectivity index (χ1v) is 9.10. The minimum atomic E-state index is -0.504. The van der Waals surface area contributed by atoms with Gasteiger partial charge in [0.2, 0.25) is 0 Å². The molecular formula is C21H26ClFN2O2. The summed E-state index contributed by atoms with van der Waals surface area (Å²) in [6.45, 7) is 2.65. The van der Waals surface area contributed by atoms with Crippen molar-refractivity contribution in [3.63, 3.8) is 0 Å². The van der Waals surface area contributed by atoms with Crippen molar-refractivity contribution in [3.05, 3.63) is 53.8 Å². The highest BCUT2D eigenvalue weighted by molar-refractivity contribution is 5.95. The second-order valence-corrected chi connectivity index (χ2v) is 6.68. The maximum atomic E-state index is 14.4. The second kappa shape index (κ2) is 10.3. The molecule has 0 spiro atoms. The number of hydrogen-bond donors (Lipinski definition) is 2. The van der Waals surface area contributed by atoms with Gasteiger partial charge in [0.1, 0.15) is 11.6 Å². The van der Waals surface area contributed by atoms with E-state index in [-0.39, 0.29) is 23.9 Å². The smallest absolute Gasteiger partial charge is 0.254 e. The average Bonchev–Trinajstić information content (AvgIpc) is 2.68. The molecule has 0 aliphatic carbocycles. The molecule has 0 aromatic heterocycles. The van der Waals surface area contributed by atoms with E-state index in [0.717, 1.165) is 36.4 Å². The Morgan fingerprint density at radius 3 is 2.59 bits per heavy atom. The van der Waals surface area contributed by atoms with Crippen LogP contribution in [0.1, 0.15) is 29.6 Å². The first-order valence-electron chi connectivity index (χ1n) is 9.10. The van der Waals surface area contributed by atoms with E-state index >= 15 is 0 Å². The van der Waals surface area contributed by atoms with Crippen molar-refractivity contribution in [3.8, 4) is 16.9 Å². The Labute approximate surface area is 165 Å². The molecule has 1 atom stereocenters. The van der Waals surface area contributed by atoms with E-state index in [1.54, 1.807) is 19.2 Å². The lowest BCUT2D eigenvalue weighted by molar-refractivity contribution is 0.0946. The summed E-state index contributed by atoms with van der Waals surface area (Å²) in [5.41, 5.74) is 1.69. The number of amides is 1. The molecule has 3 rings (SSSR count). The highest BCUT2D eigenvalue weighted by atomic mass is 35.5. The van der Waals surface area contributed by atoms with Gasteiger partial charge in [0.25, 0.3) is 5.91 Å². The Bertz CT molecular complexity index is 746. The molecule has 1 saturated heterocycles. The molecule has 2 aromatic carbocycles. The van der Waals surface area contributed by atoms with Crippen LogP contribution in [0.15, 0.2) is 42.5 Å². The van der Waals surface area contributed by atoms with Gasteiger partial charge in [0, 0.05) is 6.54 Å². The van der Waals surface area contributed by atoms with Crippen molar-refractivity contribution < 1.29 is 13.9 Å². The fourth-order valence-electron chi connectivity index (χ4n) is 3.32. The van der Waals surface area contributed by atoms with Gasteiger partial charge in [0.15, 0.2) is 0 Å². The topological polar surface area (TPSA) is 50.4 Å². The van der Waals surface area contributed by atoms with Gasteiger partial charge >= 0.3 is 0 Å². The normalized spacial score (nSPS) is 16.3. The molecule has 27 heavy (non-hydrogen) atoms. The minimum Gasteiger partial charge on any atom is -0.497 e. The third-order valence-electron chi connectivity index (χ3n) is 4.87. The molecule has 1 aliphatic rings. The number of carbonyl (C=O) groups is 1. The molecule has 1 heterocycles. The van der Waals surface area contributed by atoms with Crippen LogP contribution in [-0.2, 0) is 0 Å². The minimum absolute atomic E-state index is 0. The quantitative estimate of drug-likeness (QED) is 0.780. The maximum Gasteiger partial charge on any atom is 0.254 e. The number of halogens is 2. The third-order valence-corrected chi connectivity index (χ3v) is 4.87. The molecule has 1 aliphatic heterocycles. The number of ether oxygens (including phenoxy) is 1. The first-order chi connectivity index (χ1) is 12.7. The number of hydrogen-bond acceptors (Lipinski definition) is 3. The fraction of sp³-hybridized carbons (Fsp3) is 0.381. The van der Waals surface area contributed by atoms with Crippen molar-refractivity contribution in [1.29, 1.82) is 0 Å². The maximum absolute atomic E-state index is 14.4. The summed E-state index contributed by atoms with van der Waals surface area (Å²) >= 11 is 0. The van der Waals surface area contributed by atoms with Crippen LogP contribution in [0.2, 0.25) is 0 Å². The SMILES string of the molecule is COc1ccc(-c2ccc(C(=O)NCCC3CCCNC3)c(F)c2)cc1.Cl. The molecule has 0 radical (unpaired) electrons. The summed E-state index contributed by atoms with van der Waals surface area (Å²) in [5.74, 6) is 0.479. The van der Waals surface area contributed by atoms with E-state index in [1.165, 1.54) is 18.9 Å². The lowest BCUT2D eigenvalue weighted by Crippen LogP contribution is -2.33. The summed E-state index contributed by atoms with van der Waals surface area (Å²) in [4.78, 5) is 12.3. The molecule has 1 unspecified atom stereocenters. The predicted octanol–water partition coefficient (Wildman–Crippen LogP) is 4.04. The Morgan fingerprint density at radius 1 is 1.22 bits per heavy atom. The van der Waals surface area contributed by atoms with Gasteiger partial charge in [-0.3, -0.25) is 4.79 Å². The molecule has 0 saturated carbocycles. The number of piperidine rings is 1. The molecule has 2 N–H and O–H groups in total. The lowest BCUT2D eigenvalue weighted by Gasteiger charge is -2.22. The van der Waals surface area contributed by atoms with Gasteiger partial charge in [-0.05, 0) is 73.7 Å². The Morgan fingerprint density at radius 2 is 1.96 bits per heavy atom. The summed E-state index contributed by atoms with van der Waals surface area (Å²) < 4.78 is 19.5. The zero-order valence-electron chi connectivity index (χ0n) is 15.5. The highest BCUT2D eigenvalue weighted by Gasteiger charge is 2.15. The van der Waals surface area contributed by atoms with Crippen LogP contribution in [0.5, 0.6) is 5.75 Å². The second-order valence-electron chi connectivity index (χ2n) is 6.68. The zero-order chi connectivity index (χ0) is 18.4. The van der Waals surface area contributed by atoms with Crippen LogP contribution >= 0.6 is 12.4 Å². The molecule has 1 amide bonds. The van der Waals surface area contributed by atoms with Gasteiger partial charge in [0.05, 0.1) is 12.7 Å². The van der Waals surface area contributed by atoms with E-state index < -0.39 is 5.82 Å². The summed E-state index contributed by atoms with van der Waals surface area (Å²) in [7, 11) is 1.60. The Kier molecular flexibility index (Phi) is 8.07. The molecule has 6 heteroatoms. The molecule has 4 nitrogen and oxygen atoms in total. The van der Waals surface area contributed by atoms with Crippen LogP contribution in [-0.4, -0.2) is 32.7 Å². The molecule has 2 aromatic rings. The van der Waals surface area contributed by atoms with Crippen LogP contribution in [0.3, 0.4) is 0 Å². The van der Waals surface area contributed by atoms with Crippen LogP contribution in [0.25, 0.3) is 11.1 Å². The van der Waals surface area contributed by atoms with Crippen LogP contribution in [0.4, 0.5) is 4.39 Å². The lowest BCUT2D eigenvalue weighted by atomic mass is 9.96. The van der Waals surface area contributed by atoms with E-state index in [1.807, 2.05) is 24.3 Å². The van der Waals surface area contributed by atoms with E-state index in [4.69, 9.17) is 4.74 Å². The third kappa shape index (κ3) is 5.68. The summed E-state index contributed by atoms with van der Waals surface area (Å²) in [5, 5.41) is 6.20. The number of benzene rings is 2. The van der Waals surface area contributed by atoms with Gasteiger partial charge in [-0.15, -0.1) is 12.4 Å². The predicted molar refractivity (Wildman–Crippen MR) is 108 cm³/mol. The number of methoxy groups -OCH3 is 1. The molecular weight excluding hydrogens is 367 g/mol. The summed E-state index contributed by atoms with van der Waals surface area (Å²) in [6.07, 6.45) is 3.29. The largest absolute Gasteiger partial charge is 0.497 e. The van der Waals surface area contributed by atoms with Crippen molar-refractivity contribution in [2.45, 2.75) is 19.3 Å². The Balaban J connectivity index is 0.00000261. The standard InChI is InChI=1S/C21H25FN2O2.ClH/c1-26-18-7-4-16(5-8-18)17-6-9-19(20(22)13-17)21(25)24-12-10-15-3-2-11-23-14-15;/h4-9,13,15,23H,2-3,10-12,14H2,1H3,(H,24,25);1H.